The van der Waals surface area contributed by atoms with Crippen LogP contribution in [0.4, 0.5) is 0 Å². The van der Waals surface area contributed by atoms with Crippen molar-refractivity contribution in [3.8, 4) is 0 Å². The van der Waals surface area contributed by atoms with E-state index in [-0.39, 0.29) is 12.3 Å². The SMILES string of the molecule is Cc1cc(C)c(CNC(=O)CCn2c(=O)oc3ccccc32)c(C)c1. The molecule has 3 aromatic rings. The van der Waals surface area contributed by atoms with Crippen LogP contribution in [0.5, 0.6) is 0 Å². The van der Waals surface area contributed by atoms with Gasteiger partial charge in [0.2, 0.25) is 5.91 Å². The normalized spacial score (nSPS) is 11.0. The fourth-order valence-electron chi connectivity index (χ4n) is 3.20. The first-order valence-corrected chi connectivity index (χ1v) is 8.37. The minimum Gasteiger partial charge on any atom is -0.408 e. The van der Waals surface area contributed by atoms with Gasteiger partial charge >= 0.3 is 5.76 Å². The molecule has 3 rings (SSSR count). The minimum absolute atomic E-state index is 0.0865. The highest BCUT2D eigenvalue weighted by molar-refractivity contribution is 5.76. The Morgan fingerprint density at radius 1 is 1.12 bits per heavy atom. The molecule has 0 aliphatic heterocycles. The number of aromatic nitrogens is 1. The number of para-hydroxylation sites is 2. The third-order valence-electron chi connectivity index (χ3n) is 4.44. The van der Waals surface area contributed by atoms with Crippen LogP contribution in [0.25, 0.3) is 11.1 Å². The molecule has 5 heteroatoms. The van der Waals surface area contributed by atoms with Gasteiger partial charge in [0.15, 0.2) is 5.58 Å². The lowest BCUT2D eigenvalue weighted by molar-refractivity contribution is -0.121. The molecule has 0 saturated heterocycles. The van der Waals surface area contributed by atoms with E-state index in [1.54, 1.807) is 6.07 Å². The van der Waals surface area contributed by atoms with Gasteiger partial charge in [0.1, 0.15) is 0 Å². The second-order valence-corrected chi connectivity index (χ2v) is 6.39. The van der Waals surface area contributed by atoms with Gasteiger partial charge in [-0.25, -0.2) is 4.79 Å². The van der Waals surface area contributed by atoms with Crippen LogP contribution in [-0.4, -0.2) is 10.5 Å². The number of nitrogens with zero attached hydrogens (tertiary/aromatic N) is 1. The quantitative estimate of drug-likeness (QED) is 0.777. The average molecular weight is 338 g/mol. The van der Waals surface area contributed by atoms with E-state index in [0.717, 1.165) is 5.56 Å². The Morgan fingerprint density at radius 2 is 1.80 bits per heavy atom. The monoisotopic (exact) mass is 338 g/mol. The third-order valence-corrected chi connectivity index (χ3v) is 4.44. The van der Waals surface area contributed by atoms with Crippen LogP contribution < -0.4 is 11.1 Å². The molecule has 1 aromatic heterocycles. The van der Waals surface area contributed by atoms with E-state index >= 15 is 0 Å². The Kier molecular flexibility index (Phi) is 4.74. The van der Waals surface area contributed by atoms with Gasteiger partial charge in [0, 0.05) is 19.5 Å². The molecule has 0 aliphatic carbocycles. The smallest absolute Gasteiger partial charge is 0.408 e. The standard InChI is InChI=1S/C20H22N2O3/c1-13-10-14(2)16(15(3)11-13)12-21-19(23)8-9-22-17-6-4-5-7-18(17)25-20(22)24/h4-7,10-11H,8-9,12H2,1-3H3,(H,21,23). The molecule has 0 spiro atoms. The predicted octanol–water partition coefficient (Wildman–Crippen LogP) is 3.23. The van der Waals surface area contributed by atoms with E-state index in [2.05, 4.69) is 38.2 Å². The van der Waals surface area contributed by atoms with E-state index in [4.69, 9.17) is 4.42 Å². The van der Waals surface area contributed by atoms with E-state index < -0.39 is 5.76 Å². The van der Waals surface area contributed by atoms with E-state index in [9.17, 15) is 9.59 Å². The molecule has 130 valence electrons. The molecule has 0 radical (unpaired) electrons. The number of aryl methyl sites for hydroxylation is 4. The molecule has 0 aliphatic rings. The molecule has 1 amide bonds. The van der Waals surface area contributed by atoms with Crippen LogP contribution in [0.15, 0.2) is 45.6 Å². The summed E-state index contributed by atoms with van der Waals surface area (Å²) in [7, 11) is 0. The molecule has 0 bridgehead atoms. The predicted molar refractivity (Wildman–Crippen MR) is 97.6 cm³/mol. The molecule has 25 heavy (non-hydrogen) atoms. The number of rotatable bonds is 5. The zero-order valence-electron chi connectivity index (χ0n) is 14.8. The molecule has 5 nitrogen and oxygen atoms in total. The van der Waals surface area contributed by atoms with Gasteiger partial charge in [0.05, 0.1) is 5.52 Å². The van der Waals surface area contributed by atoms with E-state index in [1.165, 1.54) is 21.3 Å². The average Bonchev–Trinajstić information content (AvgIpc) is 2.87. The van der Waals surface area contributed by atoms with Crippen LogP contribution in [0.2, 0.25) is 0 Å². The van der Waals surface area contributed by atoms with Crippen molar-refractivity contribution in [1.29, 1.82) is 0 Å². The van der Waals surface area contributed by atoms with Gasteiger partial charge in [-0.3, -0.25) is 9.36 Å². The highest BCUT2D eigenvalue weighted by atomic mass is 16.4. The molecular formula is C20H22N2O3. The summed E-state index contributed by atoms with van der Waals surface area (Å²) in [6.45, 7) is 6.97. The number of oxazole rings is 1. The summed E-state index contributed by atoms with van der Waals surface area (Å²) >= 11 is 0. The molecular weight excluding hydrogens is 316 g/mol. The second-order valence-electron chi connectivity index (χ2n) is 6.39. The summed E-state index contributed by atoms with van der Waals surface area (Å²) in [5.74, 6) is -0.518. The van der Waals surface area contributed by atoms with Crippen molar-refractivity contribution in [1.82, 2.24) is 9.88 Å². The summed E-state index contributed by atoms with van der Waals surface area (Å²) in [4.78, 5) is 24.1. The Morgan fingerprint density at radius 3 is 2.52 bits per heavy atom. The topological polar surface area (TPSA) is 64.2 Å². The first-order chi connectivity index (χ1) is 12.0. The number of nitrogens with one attached hydrogen (secondary N) is 1. The van der Waals surface area contributed by atoms with E-state index in [0.29, 0.717) is 24.2 Å². The van der Waals surface area contributed by atoms with Crippen LogP contribution in [0.1, 0.15) is 28.7 Å². The highest BCUT2D eigenvalue weighted by Gasteiger charge is 2.11. The van der Waals surface area contributed by atoms with Crippen molar-refractivity contribution in [2.75, 3.05) is 0 Å². The van der Waals surface area contributed by atoms with Gasteiger partial charge in [0.25, 0.3) is 0 Å². The Labute approximate surface area is 146 Å². The summed E-state index contributed by atoms with van der Waals surface area (Å²) in [5, 5.41) is 2.95. The van der Waals surface area contributed by atoms with Crippen molar-refractivity contribution in [2.24, 2.45) is 0 Å². The number of carbonyl (C=O) groups excluding carboxylic acids is 1. The lowest BCUT2D eigenvalue weighted by Crippen LogP contribution is -2.26. The molecule has 1 N–H and O–H groups in total. The lowest BCUT2D eigenvalue weighted by Gasteiger charge is -2.12. The largest absolute Gasteiger partial charge is 0.419 e. The van der Waals surface area contributed by atoms with E-state index in [1.807, 2.05) is 18.2 Å². The van der Waals surface area contributed by atoms with Crippen LogP contribution in [-0.2, 0) is 17.9 Å². The fraction of sp³-hybridized carbons (Fsp3) is 0.300. The fourth-order valence-corrected chi connectivity index (χ4v) is 3.20. The number of benzene rings is 2. The third kappa shape index (κ3) is 3.65. The van der Waals surface area contributed by atoms with Gasteiger partial charge < -0.3 is 9.73 Å². The first kappa shape index (κ1) is 17.0. The number of fused-ring (bicyclic) bond motifs is 1. The van der Waals surface area contributed by atoms with Crippen LogP contribution in [0.3, 0.4) is 0 Å². The number of hydrogen-bond donors (Lipinski definition) is 1. The van der Waals surface area contributed by atoms with Gasteiger partial charge in [-0.2, -0.15) is 0 Å². The van der Waals surface area contributed by atoms with Crippen molar-refractivity contribution in [3.05, 3.63) is 69.2 Å². The Bertz CT molecular complexity index is 959. The van der Waals surface area contributed by atoms with Gasteiger partial charge in [-0.1, -0.05) is 29.8 Å². The maximum absolute atomic E-state index is 12.2. The number of amides is 1. The van der Waals surface area contributed by atoms with Crippen LogP contribution >= 0.6 is 0 Å². The van der Waals surface area contributed by atoms with Crippen molar-refractivity contribution >= 4 is 17.0 Å². The highest BCUT2D eigenvalue weighted by Crippen LogP contribution is 2.16. The Hall–Kier alpha value is -2.82. The number of hydrogen-bond acceptors (Lipinski definition) is 3. The van der Waals surface area contributed by atoms with Gasteiger partial charge in [-0.15, -0.1) is 0 Å². The number of carbonyl (C=O) groups is 1. The van der Waals surface area contributed by atoms with Crippen molar-refractivity contribution < 1.29 is 9.21 Å². The summed E-state index contributed by atoms with van der Waals surface area (Å²) in [6.07, 6.45) is 0.230. The van der Waals surface area contributed by atoms with Crippen molar-refractivity contribution in [2.45, 2.75) is 40.3 Å². The zero-order valence-corrected chi connectivity index (χ0v) is 14.8. The van der Waals surface area contributed by atoms with Gasteiger partial charge in [-0.05, 0) is 49.6 Å². The van der Waals surface area contributed by atoms with Crippen molar-refractivity contribution in [3.63, 3.8) is 0 Å². The minimum atomic E-state index is -0.431. The maximum Gasteiger partial charge on any atom is 0.419 e. The molecule has 0 unspecified atom stereocenters. The second kappa shape index (κ2) is 6.97. The molecule has 2 aromatic carbocycles. The molecule has 0 atom stereocenters. The summed E-state index contributed by atoms with van der Waals surface area (Å²) in [5.41, 5.74) is 5.97. The molecule has 1 heterocycles. The molecule has 0 saturated carbocycles. The summed E-state index contributed by atoms with van der Waals surface area (Å²) < 4.78 is 6.68. The first-order valence-electron chi connectivity index (χ1n) is 8.37. The van der Waals surface area contributed by atoms with Crippen LogP contribution in [0, 0.1) is 20.8 Å². The Balaban J connectivity index is 1.64. The lowest BCUT2D eigenvalue weighted by atomic mass is 10.00. The zero-order chi connectivity index (χ0) is 18.0. The summed E-state index contributed by atoms with van der Waals surface area (Å²) in [6, 6.07) is 11.5. The maximum atomic E-state index is 12.2. The molecule has 0 fully saturated rings.